The number of hydrazone groups is 1. The molecular formula is C26H24F5N7OS. The van der Waals surface area contributed by atoms with Gasteiger partial charge in [0.1, 0.15) is 17.9 Å². The van der Waals surface area contributed by atoms with Crippen molar-refractivity contribution in [3.8, 4) is 5.75 Å². The van der Waals surface area contributed by atoms with Crippen molar-refractivity contribution in [1.82, 2.24) is 5.43 Å². The van der Waals surface area contributed by atoms with E-state index < -0.39 is 18.0 Å². The van der Waals surface area contributed by atoms with Gasteiger partial charge >= 0.3 is 12.3 Å². The number of alkyl halides is 5. The number of ether oxygens (including phenoxy) is 1. The fourth-order valence-corrected chi connectivity index (χ4v) is 3.12. The topological polar surface area (TPSA) is 99.6 Å². The third kappa shape index (κ3) is 8.73. The van der Waals surface area contributed by atoms with E-state index in [0.29, 0.717) is 10.7 Å². The largest absolute Gasteiger partial charge is 0.499 e. The number of thiocarbonyl (C=S) groups is 1. The molecule has 0 fully saturated rings. The molecule has 40 heavy (non-hydrogen) atoms. The molecule has 0 heterocycles. The molecule has 3 aromatic carbocycles. The van der Waals surface area contributed by atoms with E-state index >= 15 is 0 Å². The van der Waals surface area contributed by atoms with E-state index in [0.717, 1.165) is 35.4 Å². The summed E-state index contributed by atoms with van der Waals surface area (Å²) in [5.74, 6) is -0.531. The molecule has 4 N–H and O–H groups in total. The maximum absolute atomic E-state index is 13.0. The summed E-state index contributed by atoms with van der Waals surface area (Å²) in [5.41, 5.74) is 12.2. The summed E-state index contributed by atoms with van der Waals surface area (Å²) in [6.45, 7) is 0. The molecule has 0 atom stereocenters. The summed E-state index contributed by atoms with van der Waals surface area (Å²) < 4.78 is 66.4. The number of anilines is 2. The average molecular weight is 578 g/mol. The average Bonchev–Trinajstić information content (AvgIpc) is 2.89. The monoisotopic (exact) mass is 577 g/mol. The highest BCUT2D eigenvalue weighted by atomic mass is 32.1. The van der Waals surface area contributed by atoms with Gasteiger partial charge in [0.2, 0.25) is 0 Å². The minimum absolute atomic E-state index is 0.140. The summed E-state index contributed by atoms with van der Waals surface area (Å²) in [5, 5.41) is 7.46. The third-order valence-corrected chi connectivity index (χ3v) is 5.24. The first-order valence-corrected chi connectivity index (χ1v) is 11.8. The van der Waals surface area contributed by atoms with Gasteiger partial charge in [0, 0.05) is 31.0 Å². The number of hydrogen-bond acceptors (Lipinski definition) is 5. The number of halogens is 5. The summed E-state index contributed by atoms with van der Waals surface area (Å²) in [6.07, 6.45) is -8.45. The zero-order valence-electron chi connectivity index (χ0n) is 21.2. The van der Waals surface area contributed by atoms with E-state index in [9.17, 15) is 22.0 Å². The number of nitrogens with two attached hydrogens (primary N) is 1. The maximum Gasteiger partial charge on any atom is 0.499 e. The zero-order valence-corrected chi connectivity index (χ0v) is 22.0. The van der Waals surface area contributed by atoms with E-state index in [4.69, 9.17) is 18.0 Å². The first kappa shape index (κ1) is 30.0. The van der Waals surface area contributed by atoms with Gasteiger partial charge in [-0.15, -0.1) is 0 Å². The summed E-state index contributed by atoms with van der Waals surface area (Å²) in [4.78, 5) is 9.96. The molecule has 14 heteroatoms. The standard InChI is InChI=1S/C26H24F5N7OS/c1-38(2)21-11-7-20(8-12-21)36-24(40)37-35-15-17-3-5-18(6-4-17)23(32)34-16-33-19-9-13-22(14-10-19)39-26(30,31)25(27,28)29/h3-16H,1-2H3,(H2,32,33,34)(H2,36,37,40)/b35-15+. The molecule has 210 valence electrons. The Bertz CT molecular complexity index is 1370. The van der Waals surface area contributed by atoms with Crippen molar-refractivity contribution in [2.75, 3.05) is 24.3 Å². The minimum Gasteiger partial charge on any atom is -0.426 e. The smallest absolute Gasteiger partial charge is 0.426 e. The van der Waals surface area contributed by atoms with Crippen LogP contribution in [0.1, 0.15) is 11.1 Å². The number of hydrogen-bond donors (Lipinski definition) is 3. The Labute approximate surface area is 232 Å². The van der Waals surface area contributed by atoms with Crippen molar-refractivity contribution < 1.29 is 26.7 Å². The normalized spacial score (nSPS) is 12.5. The van der Waals surface area contributed by atoms with Crippen LogP contribution in [0.4, 0.5) is 39.0 Å². The number of amidine groups is 1. The van der Waals surface area contributed by atoms with Gasteiger partial charge in [-0.05, 0) is 66.3 Å². The van der Waals surface area contributed by atoms with Gasteiger partial charge in [0.15, 0.2) is 5.11 Å². The van der Waals surface area contributed by atoms with Crippen LogP contribution in [0.15, 0.2) is 87.9 Å². The molecule has 0 aliphatic heterocycles. The lowest BCUT2D eigenvalue weighted by Crippen LogP contribution is -2.41. The van der Waals surface area contributed by atoms with Crippen LogP contribution >= 0.6 is 12.2 Å². The lowest BCUT2D eigenvalue weighted by molar-refractivity contribution is -0.360. The number of benzene rings is 3. The Balaban J connectivity index is 1.50. The van der Waals surface area contributed by atoms with Crippen LogP contribution in [0.2, 0.25) is 0 Å². The van der Waals surface area contributed by atoms with Crippen molar-refractivity contribution in [2.45, 2.75) is 12.3 Å². The van der Waals surface area contributed by atoms with Gasteiger partial charge in [-0.25, -0.2) is 9.98 Å². The van der Waals surface area contributed by atoms with Gasteiger partial charge in [-0.3, -0.25) is 5.43 Å². The van der Waals surface area contributed by atoms with E-state index in [1.807, 2.05) is 43.3 Å². The fourth-order valence-electron chi connectivity index (χ4n) is 2.95. The van der Waals surface area contributed by atoms with E-state index in [1.165, 1.54) is 12.1 Å². The molecule has 0 unspecified atom stereocenters. The predicted molar refractivity (Wildman–Crippen MR) is 151 cm³/mol. The van der Waals surface area contributed by atoms with Crippen molar-refractivity contribution in [2.24, 2.45) is 20.8 Å². The van der Waals surface area contributed by atoms with E-state index in [-0.39, 0.29) is 11.5 Å². The predicted octanol–water partition coefficient (Wildman–Crippen LogP) is 5.67. The Morgan fingerprint density at radius 3 is 2.12 bits per heavy atom. The highest BCUT2D eigenvalue weighted by Crippen LogP contribution is 2.37. The van der Waals surface area contributed by atoms with Crippen LogP contribution in [0.3, 0.4) is 0 Å². The third-order valence-electron chi connectivity index (χ3n) is 5.04. The van der Waals surface area contributed by atoms with Crippen LogP contribution in [0.5, 0.6) is 5.75 Å². The summed E-state index contributed by atoms with van der Waals surface area (Å²) in [6, 6.07) is 18.9. The molecule has 8 nitrogen and oxygen atoms in total. The second-order valence-corrected chi connectivity index (χ2v) is 8.67. The molecule has 0 saturated carbocycles. The van der Waals surface area contributed by atoms with Crippen molar-refractivity contribution >= 4 is 52.8 Å². The fraction of sp³-hybridized carbons (Fsp3) is 0.154. The van der Waals surface area contributed by atoms with Crippen molar-refractivity contribution in [3.63, 3.8) is 0 Å². The van der Waals surface area contributed by atoms with Crippen LogP contribution in [0.25, 0.3) is 0 Å². The van der Waals surface area contributed by atoms with Gasteiger partial charge in [0.25, 0.3) is 0 Å². The van der Waals surface area contributed by atoms with Gasteiger partial charge in [-0.1, -0.05) is 24.3 Å². The minimum atomic E-state index is -5.83. The summed E-state index contributed by atoms with van der Waals surface area (Å²) in [7, 11) is 3.91. The lowest BCUT2D eigenvalue weighted by Gasteiger charge is -2.20. The number of nitrogens with zero attached hydrogens (tertiary/aromatic N) is 4. The molecule has 0 radical (unpaired) electrons. The second-order valence-electron chi connectivity index (χ2n) is 8.26. The molecular weight excluding hydrogens is 553 g/mol. The first-order chi connectivity index (χ1) is 18.8. The zero-order chi connectivity index (χ0) is 29.3. The number of nitrogens with one attached hydrogen (secondary N) is 2. The molecule has 0 bridgehead atoms. The van der Waals surface area contributed by atoms with Crippen LogP contribution < -0.4 is 26.1 Å². The highest BCUT2D eigenvalue weighted by Gasteiger charge is 2.61. The van der Waals surface area contributed by atoms with Gasteiger partial charge in [0.05, 0.1) is 11.9 Å². The highest BCUT2D eigenvalue weighted by molar-refractivity contribution is 7.80. The van der Waals surface area contributed by atoms with Gasteiger partial charge < -0.3 is 20.7 Å². The Morgan fingerprint density at radius 2 is 1.55 bits per heavy atom. The molecule has 0 aliphatic carbocycles. The molecule has 0 amide bonds. The first-order valence-electron chi connectivity index (χ1n) is 11.4. The Kier molecular flexibility index (Phi) is 9.72. The molecule has 3 rings (SSSR count). The summed E-state index contributed by atoms with van der Waals surface area (Å²) >= 11 is 5.24. The molecule has 0 spiro atoms. The van der Waals surface area contributed by atoms with Gasteiger partial charge in [-0.2, -0.15) is 27.1 Å². The molecule has 0 saturated heterocycles. The number of aliphatic imine (C=N–C) groups is 2. The number of rotatable bonds is 9. The lowest BCUT2D eigenvalue weighted by atomic mass is 10.1. The SMILES string of the molecule is CN(C)c1ccc(NC(=S)N/N=C/c2ccc(C(N)=NC=Nc3ccc(OC(F)(F)C(F)(F)F)cc3)cc2)cc1. The van der Waals surface area contributed by atoms with Crippen molar-refractivity contribution in [1.29, 1.82) is 0 Å². The van der Waals surface area contributed by atoms with Crippen LogP contribution in [-0.4, -0.2) is 49.9 Å². The van der Waals surface area contributed by atoms with Crippen LogP contribution in [-0.2, 0) is 0 Å². The molecule has 0 aromatic heterocycles. The Hall–Kier alpha value is -4.59. The van der Waals surface area contributed by atoms with Crippen molar-refractivity contribution in [3.05, 3.63) is 83.9 Å². The molecule has 0 aliphatic rings. The van der Waals surface area contributed by atoms with E-state index in [2.05, 4.69) is 30.6 Å². The molecule has 3 aromatic rings. The van der Waals surface area contributed by atoms with E-state index in [1.54, 1.807) is 30.5 Å². The quantitative estimate of drug-likeness (QED) is 0.0997. The Morgan fingerprint density at radius 1 is 0.925 bits per heavy atom. The maximum atomic E-state index is 13.0. The van der Waals surface area contributed by atoms with Crippen LogP contribution in [0, 0.1) is 0 Å². The second kappa shape index (κ2) is 13.0.